The van der Waals surface area contributed by atoms with Gasteiger partial charge >= 0.3 is 0 Å². The average Bonchev–Trinajstić information content (AvgIpc) is 2.45. The molecule has 1 fully saturated rings. The largest absolute Gasteiger partial charge is 0.390 e. The number of alkyl halides is 2. The Balaban J connectivity index is 2.42. The topological polar surface area (TPSA) is 35.5 Å². The minimum absolute atomic E-state index is 0.0969. The summed E-state index contributed by atoms with van der Waals surface area (Å²) in [6, 6.07) is 2.86. The van der Waals surface area contributed by atoms with Crippen LogP contribution in [0.4, 0.5) is 13.2 Å². The van der Waals surface area contributed by atoms with E-state index in [1.165, 1.54) is 23.1 Å². The van der Waals surface area contributed by atoms with Crippen molar-refractivity contribution in [1.82, 2.24) is 10.2 Å². The summed E-state index contributed by atoms with van der Waals surface area (Å²) in [5.41, 5.74) is -0.0969. The molecule has 112 valence electrons. The Bertz CT molecular complexity index is 467. The van der Waals surface area contributed by atoms with E-state index in [-0.39, 0.29) is 10.0 Å². The van der Waals surface area contributed by atoms with Gasteiger partial charge in [-0.1, -0.05) is 12.1 Å². The standard InChI is InChI=1S/C13H16BrF3N2O/c14-10-3-1-2-9(11(10)15)12(13(16,17)8-20)19-6-4-18-5-7-19/h1-3,12,18,20H,4-8H2/t12-/m0/s1. The van der Waals surface area contributed by atoms with E-state index in [0.29, 0.717) is 26.2 Å². The van der Waals surface area contributed by atoms with Gasteiger partial charge in [-0.25, -0.2) is 13.2 Å². The predicted molar refractivity (Wildman–Crippen MR) is 73.3 cm³/mol. The van der Waals surface area contributed by atoms with Gasteiger partial charge in [-0.3, -0.25) is 4.90 Å². The van der Waals surface area contributed by atoms with E-state index in [1.807, 2.05) is 0 Å². The lowest BCUT2D eigenvalue weighted by Crippen LogP contribution is -2.51. The van der Waals surface area contributed by atoms with Crippen LogP contribution in [-0.4, -0.2) is 48.7 Å². The summed E-state index contributed by atoms with van der Waals surface area (Å²) in [6.07, 6.45) is 0. The Morgan fingerprint density at radius 3 is 2.60 bits per heavy atom. The monoisotopic (exact) mass is 352 g/mol. The maximum atomic E-state index is 14.2. The predicted octanol–water partition coefficient (Wildman–Crippen LogP) is 2.16. The fourth-order valence-electron chi connectivity index (χ4n) is 2.45. The van der Waals surface area contributed by atoms with Crippen LogP contribution in [0.5, 0.6) is 0 Å². The first-order valence-corrected chi connectivity index (χ1v) is 7.14. The van der Waals surface area contributed by atoms with Gasteiger partial charge in [-0.05, 0) is 22.0 Å². The van der Waals surface area contributed by atoms with Crippen LogP contribution in [-0.2, 0) is 0 Å². The van der Waals surface area contributed by atoms with E-state index in [1.54, 1.807) is 0 Å². The summed E-state index contributed by atoms with van der Waals surface area (Å²) in [5, 5.41) is 12.1. The maximum absolute atomic E-state index is 14.2. The highest BCUT2D eigenvalue weighted by Gasteiger charge is 2.45. The van der Waals surface area contributed by atoms with Crippen LogP contribution in [0.25, 0.3) is 0 Å². The molecule has 0 unspecified atom stereocenters. The SMILES string of the molecule is OCC(F)(F)[C@H](c1cccc(Br)c1F)N1CCNCC1. The van der Waals surface area contributed by atoms with Gasteiger partial charge < -0.3 is 10.4 Å². The molecule has 1 aromatic carbocycles. The number of hydrogen-bond acceptors (Lipinski definition) is 3. The van der Waals surface area contributed by atoms with Crippen molar-refractivity contribution in [2.24, 2.45) is 0 Å². The van der Waals surface area contributed by atoms with Crippen molar-refractivity contribution in [3.05, 3.63) is 34.1 Å². The second-order valence-electron chi connectivity index (χ2n) is 4.75. The molecule has 0 bridgehead atoms. The second kappa shape index (κ2) is 6.43. The molecule has 2 N–H and O–H groups in total. The van der Waals surface area contributed by atoms with Crippen molar-refractivity contribution < 1.29 is 18.3 Å². The van der Waals surface area contributed by atoms with Crippen molar-refractivity contribution in [3.63, 3.8) is 0 Å². The first-order valence-electron chi connectivity index (χ1n) is 6.34. The molecule has 1 saturated heterocycles. The number of piperazine rings is 1. The number of hydrogen-bond donors (Lipinski definition) is 2. The number of aliphatic hydroxyl groups is 1. The fourth-order valence-corrected chi connectivity index (χ4v) is 2.83. The minimum atomic E-state index is -3.40. The Morgan fingerprint density at radius 2 is 2.00 bits per heavy atom. The zero-order chi connectivity index (χ0) is 14.8. The zero-order valence-electron chi connectivity index (χ0n) is 10.8. The summed E-state index contributed by atoms with van der Waals surface area (Å²) in [5.74, 6) is -4.11. The number of halogens is 4. The molecule has 3 nitrogen and oxygen atoms in total. The van der Waals surface area contributed by atoms with Gasteiger partial charge in [0.2, 0.25) is 0 Å². The van der Waals surface area contributed by atoms with E-state index in [2.05, 4.69) is 21.2 Å². The van der Waals surface area contributed by atoms with Gasteiger partial charge in [0.1, 0.15) is 18.5 Å². The summed E-state index contributed by atoms with van der Waals surface area (Å²) >= 11 is 3.01. The number of aliphatic hydroxyl groups excluding tert-OH is 1. The number of rotatable bonds is 4. The molecule has 7 heteroatoms. The lowest BCUT2D eigenvalue weighted by Gasteiger charge is -2.38. The maximum Gasteiger partial charge on any atom is 0.290 e. The minimum Gasteiger partial charge on any atom is -0.390 e. The van der Waals surface area contributed by atoms with Crippen molar-refractivity contribution in [1.29, 1.82) is 0 Å². The summed E-state index contributed by atoms with van der Waals surface area (Å²) in [6.45, 7) is 0.577. The second-order valence-corrected chi connectivity index (χ2v) is 5.61. The highest BCUT2D eigenvalue weighted by Crippen LogP contribution is 2.38. The number of benzene rings is 1. The Morgan fingerprint density at radius 1 is 1.35 bits per heavy atom. The molecule has 1 aliphatic rings. The number of nitrogens with zero attached hydrogens (tertiary/aromatic N) is 1. The van der Waals surface area contributed by atoms with Gasteiger partial charge in [-0.2, -0.15) is 0 Å². The van der Waals surface area contributed by atoms with Crippen molar-refractivity contribution in [2.45, 2.75) is 12.0 Å². The van der Waals surface area contributed by atoms with Gasteiger partial charge in [-0.15, -0.1) is 0 Å². The first kappa shape index (κ1) is 15.8. The average molecular weight is 353 g/mol. The molecule has 0 aromatic heterocycles. The molecule has 0 radical (unpaired) electrons. The van der Waals surface area contributed by atoms with Crippen LogP contribution in [0.1, 0.15) is 11.6 Å². The van der Waals surface area contributed by atoms with Crippen LogP contribution >= 0.6 is 15.9 Å². The van der Waals surface area contributed by atoms with Crippen molar-refractivity contribution in [3.8, 4) is 0 Å². The van der Waals surface area contributed by atoms with Crippen LogP contribution < -0.4 is 5.32 Å². The van der Waals surface area contributed by atoms with Crippen molar-refractivity contribution in [2.75, 3.05) is 32.8 Å². The van der Waals surface area contributed by atoms with Gasteiger partial charge in [0, 0.05) is 31.7 Å². The molecule has 0 aliphatic carbocycles. The third-order valence-corrected chi connectivity index (χ3v) is 4.02. The third kappa shape index (κ3) is 3.16. The van der Waals surface area contributed by atoms with E-state index < -0.39 is 24.4 Å². The molecular formula is C13H16BrF3N2O. The fraction of sp³-hybridized carbons (Fsp3) is 0.538. The van der Waals surface area contributed by atoms with Gasteiger partial charge in [0.05, 0.1) is 4.47 Å². The van der Waals surface area contributed by atoms with Crippen LogP contribution in [0, 0.1) is 5.82 Å². The molecule has 1 aliphatic heterocycles. The smallest absolute Gasteiger partial charge is 0.290 e. The van der Waals surface area contributed by atoms with E-state index >= 15 is 0 Å². The molecule has 0 amide bonds. The highest BCUT2D eigenvalue weighted by molar-refractivity contribution is 9.10. The van der Waals surface area contributed by atoms with Crippen LogP contribution in [0.3, 0.4) is 0 Å². The molecular weight excluding hydrogens is 337 g/mol. The molecule has 1 heterocycles. The molecule has 2 rings (SSSR count). The van der Waals surface area contributed by atoms with E-state index in [9.17, 15) is 13.2 Å². The Kier molecular flexibility index (Phi) is 5.06. The van der Waals surface area contributed by atoms with Gasteiger partial charge in [0.15, 0.2) is 0 Å². The zero-order valence-corrected chi connectivity index (χ0v) is 12.3. The van der Waals surface area contributed by atoms with Crippen molar-refractivity contribution >= 4 is 15.9 Å². The number of nitrogens with one attached hydrogen (secondary N) is 1. The van der Waals surface area contributed by atoms with Crippen LogP contribution in [0.15, 0.2) is 22.7 Å². The third-order valence-electron chi connectivity index (χ3n) is 3.40. The molecule has 0 saturated carbocycles. The van der Waals surface area contributed by atoms with E-state index in [4.69, 9.17) is 5.11 Å². The van der Waals surface area contributed by atoms with E-state index in [0.717, 1.165) is 0 Å². The first-order chi connectivity index (χ1) is 9.47. The van der Waals surface area contributed by atoms with Gasteiger partial charge in [0.25, 0.3) is 5.92 Å². The molecule has 1 aromatic rings. The molecule has 1 atom stereocenters. The molecule has 20 heavy (non-hydrogen) atoms. The Hall–Kier alpha value is -0.630. The summed E-state index contributed by atoms with van der Waals surface area (Å²) in [4.78, 5) is 1.51. The highest BCUT2D eigenvalue weighted by atomic mass is 79.9. The van der Waals surface area contributed by atoms with Crippen LogP contribution in [0.2, 0.25) is 0 Å². The summed E-state index contributed by atoms with van der Waals surface area (Å²) < 4.78 is 42.5. The summed E-state index contributed by atoms with van der Waals surface area (Å²) in [7, 11) is 0. The molecule has 0 spiro atoms. The Labute approximate surface area is 123 Å². The normalized spacial score (nSPS) is 19.1. The lowest BCUT2D eigenvalue weighted by molar-refractivity contribution is -0.119. The lowest BCUT2D eigenvalue weighted by atomic mass is 9.97. The quantitative estimate of drug-likeness (QED) is 0.871.